The number of alkyl carbamates (subject to hydrolysis) is 1. The highest BCUT2D eigenvalue weighted by Gasteiger charge is 2.29. The van der Waals surface area contributed by atoms with Crippen molar-refractivity contribution in [1.29, 1.82) is 0 Å². The minimum absolute atomic E-state index is 0.239. The third-order valence-electron chi connectivity index (χ3n) is 4.00. The Morgan fingerprint density at radius 2 is 1.44 bits per heavy atom. The predicted octanol–water partition coefficient (Wildman–Crippen LogP) is 4.62. The van der Waals surface area contributed by atoms with Gasteiger partial charge in [0, 0.05) is 5.92 Å². The van der Waals surface area contributed by atoms with E-state index in [1.807, 2.05) is 88.4 Å². The first-order chi connectivity index (χ1) is 11.8. The van der Waals surface area contributed by atoms with Gasteiger partial charge in [-0.2, -0.15) is 0 Å². The van der Waals surface area contributed by atoms with Crippen molar-refractivity contribution in [1.82, 2.24) is 5.32 Å². The van der Waals surface area contributed by atoms with Crippen molar-refractivity contribution in [3.05, 3.63) is 71.8 Å². The largest absolute Gasteiger partial charge is 0.444 e. The normalized spacial score (nSPS) is 15.1. The molecule has 0 heterocycles. The third-order valence-corrected chi connectivity index (χ3v) is 4.00. The van der Waals surface area contributed by atoms with Crippen molar-refractivity contribution in [2.24, 2.45) is 5.92 Å². The molecule has 0 aliphatic heterocycles. The predicted molar refractivity (Wildman–Crippen MR) is 99.1 cm³/mol. The van der Waals surface area contributed by atoms with Crippen molar-refractivity contribution >= 4 is 6.09 Å². The van der Waals surface area contributed by atoms with Crippen LogP contribution in [0.1, 0.15) is 51.0 Å². The summed E-state index contributed by atoms with van der Waals surface area (Å²) >= 11 is 0. The molecule has 2 N–H and O–H groups in total. The molecule has 0 saturated carbocycles. The highest BCUT2D eigenvalue weighted by Crippen LogP contribution is 2.32. The fraction of sp³-hybridized carbons (Fsp3) is 0.381. The van der Waals surface area contributed by atoms with Gasteiger partial charge in [0.15, 0.2) is 0 Å². The van der Waals surface area contributed by atoms with E-state index in [0.717, 1.165) is 11.1 Å². The number of hydrogen-bond acceptors (Lipinski definition) is 3. The Bertz CT molecular complexity index is 665. The van der Waals surface area contributed by atoms with Crippen LogP contribution in [0.4, 0.5) is 4.79 Å². The number of aliphatic hydroxyl groups is 1. The molecular weight excluding hydrogens is 314 g/mol. The maximum Gasteiger partial charge on any atom is 0.408 e. The van der Waals surface area contributed by atoms with Crippen LogP contribution in [-0.2, 0) is 4.74 Å². The van der Waals surface area contributed by atoms with Crippen molar-refractivity contribution < 1.29 is 14.6 Å². The molecule has 2 aromatic carbocycles. The molecule has 1 amide bonds. The average Bonchev–Trinajstić information content (AvgIpc) is 2.58. The van der Waals surface area contributed by atoms with E-state index < -0.39 is 17.8 Å². The lowest BCUT2D eigenvalue weighted by Gasteiger charge is -2.30. The summed E-state index contributed by atoms with van der Waals surface area (Å²) in [7, 11) is 0. The standard InChI is InChI=1S/C21H27NO3/c1-15(19(23)17-13-9-6-10-14-17)18(16-11-7-5-8-12-16)22-20(24)25-21(2,3)4/h5-15,18-19,23H,1-4H3,(H,22,24)/t15-,18-,19-/m0/s1. The van der Waals surface area contributed by atoms with Crippen molar-refractivity contribution in [3.8, 4) is 0 Å². The molecule has 3 atom stereocenters. The molecule has 0 aliphatic rings. The molecule has 0 saturated heterocycles. The second-order valence-corrected chi connectivity index (χ2v) is 7.25. The van der Waals surface area contributed by atoms with Crippen molar-refractivity contribution in [2.45, 2.75) is 45.4 Å². The van der Waals surface area contributed by atoms with Gasteiger partial charge in [-0.1, -0.05) is 67.6 Å². The van der Waals surface area contributed by atoms with Crippen molar-refractivity contribution in [2.75, 3.05) is 0 Å². The summed E-state index contributed by atoms with van der Waals surface area (Å²) in [6, 6.07) is 18.7. The number of nitrogens with one attached hydrogen (secondary N) is 1. The lowest BCUT2D eigenvalue weighted by Crippen LogP contribution is -2.38. The number of amides is 1. The number of rotatable bonds is 5. The first kappa shape index (κ1) is 19.0. The molecule has 25 heavy (non-hydrogen) atoms. The van der Waals surface area contributed by atoms with Crippen LogP contribution in [0.25, 0.3) is 0 Å². The van der Waals surface area contributed by atoms with Crippen LogP contribution in [0, 0.1) is 5.92 Å². The van der Waals surface area contributed by atoms with E-state index in [9.17, 15) is 9.90 Å². The molecule has 0 aliphatic carbocycles. The highest BCUT2D eigenvalue weighted by molar-refractivity contribution is 5.68. The molecule has 0 unspecified atom stereocenters. The van der Waals surface area contributed by atoms with Gasteiger partial charge in [-0.05, 0) is 31.9 Å². The summed E-state index contributed by atoms with van der Waals surface area (Å²) in [5, 5.41) is 13.7. The summed E-state index contributed by atoms with van der Waals surface area (Å²) in [5.41, 5.74) is 1.17. The molecule has 0 fully saturated rings. The van der Waals surface area contributed by atoms with Gasteiger partial charge in [0.25, 0.3) is 0 Å². The molecule has 0 bridgehead atoms. The first-order valence-electron chi connectivity index (χ1n) is 8.55. The van der Waals surface area contributed by atoms with Crippen LogP contribution < -0.4 is 5.32 Å². The van der Waals surface area contributed by atoms with Crippen LogP contribution >= 0.6 is 0 Å². The molecule has 2 rings (SSSR count). The van der Waals surface area contributed by atoms with Gasteiger partial charge in [0.1, 0.15) is 5.60 Å². The Morgan fingerprint density at radius 3 is 1.92 bits per heavy atom. The van der Waals surface area contributed by atoms with E-state index in [-0.39, 0.29) is 12.0 Å². The second kappa shape index (κ2) is 8.17. The Morgan fingerprint density at radius 1 is 0.960 bits per heavy atom. The quantitative estimate of drug-likeness (QED) is 0.834. The van der Waals surface area contributed by atoms with Crippen LogP contribution in [0.15, 0.2) is 60.7 Å². The molecule has 0 aromatic heterocycles. The number of ether oxygens (including phenoxy) is 1. The van der Waals surface area contributed by atoms with Crippen molar-refractivity contribution in [3.63, 3.8) is 0 Å². The second-order valence-electron chi connectivity index (χ2n) is 7.25. The van der Waals surface area contributed by atoms with Gasteiger partial charge < -0.3 is 15.2 Å². The van der Waals surface area contributed by atoms with Crippen LogP contribution in [0.2, 0.25) is 0 Å². The van der Waals surface area contributed by atoms with Gasteiger partial charge in [0.2, 0.25) is 0 Å². The Hall–Kier alpha value is -2.33. The molecule has 134 valence electrons. The molecule has 4 heteroatoms. The van der Waals surface area contributed by atoms with Gasteiger partial charge in [-0.15, -0.1) is 0 Å². The van der Waals surface area contributed by atoms with E-state index in [4.69, 9.17) is 4.74 Å². The maximum absolute atomic E-state index is 12.3. The van der Waals surface area contributed by atoms with Gasteiger partial charge in [0.05, 0.1) is 12.1 Å². The molecule has 4 nitrogen and oxygen atoms in total. The smallest absolute Gasteiger partial charge is 0.408 e. The van der Waals surface area contributed by atoms with E-state index in [1.54, 1.807) is 0 Å². The lowest BCUT2D eigenvalue weighted by molar-refractivity contribution is 0.0419. The lowest BCUT2D eigenvalue weighted by atomic mass is 9.87. The Labute approximate surface area is 149 Å². The fourth-order valence-corrected chi connectivity index (χ4v) is 2.75. The van der Waals surface area contributed by atoms with E-state index >= 15 is 0 Å². The first-order valence-corrected chi connectivity index (χ1v) is 8.55. The number of carbonyl (C=O) groups is 1. The number of hydrogen-bond donors (Lipinski definition) is 2. The number of benzene rings is 2. The summed E-state index contributed by atoms with van der Waals surface area (Å²) < 4.78 is 5.39. The Kier molecular flexibility index (Phi) is 6.21. The van der Waals surface area contributed by atoms with Gasteiger partial charge in [-0.3, -0.25) is 0 Å². The van der Waals surface area contributed by atoms with E-state index in [1.165, 1.54) is 0 Å². The van der Waals surface area contributed by atoms with Gasteiger partial charge >= 0.3 is 6.09 Å². The topological polar surface area (TPSA) is 58.6 Å². The zero-order valence-electron chi connectivity index (χ0n) is 15.3. The zero-order valence-corrected chi connectivity index (χ0v) is 15.3. The van der Waals surface area contributed by atoms with Crippen LogP contribution in [0.3, 0.4) is 0 Å². The summed E-state index contributed by atoms with van der Waals surface area (Å²) in [4.78, 5) is 12.3. The number of aliphatic hydroxyl groups excluding tert-OH is 1. The molecule has 0 radical (unpaired) electrons. The summed E-state index contributed by atoms with van der Waals surface area (Å²) in [5.74, 6) is -0.239. The molecule has 2 aromatic rings. The SMILES string of the molecule is C[C@H]([C@H](O)c1ccccc1)[C@H](NC(=O)OC(C)(C)C)c1ccccc1. The highest BCUT2D eigenvalue weighted by atomic mass is 16.6. The van der Waals surface area contributed by atoms with Gasteiger partial charge in [-0.25, -0.2) is 4.79 Å². The van der Waals surface area contributed by atoms with E-state index in [2.05, 4.69) is 5.32 Å². The maximum atomic E-state index is 12.3. The van der Waals surface area contributed by atoms with E-state index in [0.29, 0.717) is 0 Å². The Balaban J connectivity index is 2.24. The average molecular weight is 341 g/mol. The zero-order chi connectivity index (χ0) is 18.4. The monoisotopic (exact) mass is 341 g/mol. The minimum Gasteiger partial charge on any atom is -0.444 e. The minimum atomic E-state index is -0.707. The molecular formula is C21H27NO3. The van der Waals surface area contributed by atoms with Crippen LogP contribution in [0.5, 0.6) is 0 Å². The number of carbonyl (C=O) groups excluding carboxylic acids is 1. The third kappa shape index (κ3) is 5.61. The fourth-order valence-electron chi connectivity index (χ4n) is 2.75. The van der Waals surface area contributed by atoms with Crippen LogP contribution in [-0.4, -0.2) is 16.8 Å². The molecule has 0 spiro atoms. The summed E-state index contributed by atoms with van der Waals surface area (Å²) in [6.07, 6.45) is -1.20. The summed E-state index contributed by atoms with van der Waals surface area (Å²) in [6.45, 7) is 7.40.